The van der Waals surface area contributed by atoms with Crippen LogP contribution in [-0.4, -0.2) is 10.5 Å². The van der Waals surface area contributed by atoms with E-state index in [0.29, 0.717) is 0 Å². The zero-order valence-electron chi connectivity index (χ0n) is 12.6. The molecular weight excluding hydrogens is 250 g/mol. The minimum Gasteiger partial charge on any atom is -0.322 e. The second-order valence-electron chi connectivity index (χ2n) is 5.21. The summed E-state index contributed by atoms with van der Waals surface area (Å²) in [4.78, 5) is 12.5. The molecule has 0 saturated heterocycles. The predicted molar refractivity (Wildman–Crippen MR) is 79.5 cm³/mol. The van der Waals surface area contributed by atoms with Gasteiger partial charge in [0, 0.05) is 5.69 Å². The van der Waals surface area contributed by atoms with Crippen LogP contribution in [0.25, 0.3) is 0 Å². The average molecular weight is 272 g/mol. The average Bonchev–Trinajstić information content (AvgIpc) is 2.81. The molecular formula is C16H22N3O+. The Morgan fingerprint density at radius 1 is 1.35 bits per heavy atom. The van der Waals surface area contributed by atoms with Crippen LogP contribution < -0.4 is 9.88 Å². The van der Waals surface area contributed by atoms with Gasteiger partial charge in [0.25, 0.3) is 5.91 Å². The van der Waals surface area contributed by atoms with Crippen LogP contribution in [0.1, 0.15) is 30.5 Å². The Morgan fingerprint density at radius 3 is 2.50 bits per heavy atom. The van der Waals surface area contributed by atoms with Gasteiger partial charge in [-0.1, -0.05) is 25.1 Å². The molecule has 1 heterocycles. The van der Waals surface area contributed by atoms with E-state index >= 15 is 0 Å². The molecule has 0 fully saturated rings. The van der Waals surface area contributed by atoms with E-state index in [1.54, 1.807) is 0 Å². The molecule has 0 aliphatic rings. The van der Waals surface area contributed by atoms with Gasteiger partial charge in [0.15, 0.2) is 6.04 Å². The molecule has 1 aromatic heterocycles. The van der Waals surface area contributed by atoms with Crippen LogP contribution in [0.3, 0.4) is 0 Å². The number of rotatable bonds is 4. The lowest BCUT2D eigenvalue weighted by Gasteiger charge is -2.15. The fraction of sp³-hybridized carbons (Fsp3) is 0.375. The highest BCUT2D eigenvalue weighted by molar-refractivity contribution is 5.95. The summed E-state index contributed by atoms with van der Waals surface area (Å²) in [7, 11) is 1.95. The number of aromatic nitrogens is 2. The zero-order valence-corrected chi connectivity index (χ0v) is 12.6. The van der Waals surface area contributed by atoms with Crippen molar-refractivity contribution in [3.63, 3.8) is 0 Å². The van der Waals surface area contributed by atoms with E-state index in [4.69, 9.17) is 0 Å². The molecule has 1 unspecified atom stereocenters. The monoisotopic (exact) mass is 272 g/mol. The lowest BCUT2D eigenvalue weighted by molar-refractivity contribution is -0.671. The van der Waals surface area contributed by atoms with Crippen LogP contribution in [0.15, 0.2) is 36.9 Å². The zero-order chi connectivity index (χ0) is 14.7. The third kappa shape index (κ3) is 2.90. The van der Waals surface area contributed by atoms with E-state index in [9.17, 15) is 4.79 Å². The molecule has 4 heteroatoms. The highest BCUT2D eigenvalue weighted by Crippen LogP contribution is 2.21. The summed E-state index contributed by atoms with van der Waals surface area (Å²) in [6.45, 7) is 6.05. The molecule has 0 spiro atoms. The first-order chi connectivity index (χ1) is 9.52. The number of para-hydroxylation sites is 1. The number of anilines is 1. The van der Waals surface area contributed by atoms with Gasteiger partial charge in [-0.25, -0.2) is 9.13 Å². The first-order valence-electron chi connectivity index (χ1n) is 6.92. The van der Waals surface area contributed by atoms with Crippen molar-refractivity contribution < 1.29 is 9.36 Å². The van der Waals surface area contributed by atoms with Crippen molar-refractivity contribution in [3.05, 3.63) is 48.0 Å². The molecule has 20 heavy (non-hydrogen) atoms. The predicted octanol–water partition coefficient (Wildman–Crippen LogP) is 2.52. The van der Waals surface area contributed by atoms with Crippen molar-refractivity contribution in [2.24, 2.45) is 7.05 Å². The third-order valence-corrected chi connectivity index (χ3v) is 3.57. The number of aryl methyl sites for hydroxylation is 3. The van der Waals surface area contributed by atoms with Crippen LogP contribution in [-0.2, 0) is 11.8 Å². The quantitative estimate of drug-likeness (QED) is 0.853. The Labute approximate surface area is 120 Å². The largest absolute Gasteiger partial charge is 0.322 e. The first kappa shape index (κ1) is 14.3. The SMILES string of the molecule is CCC(C(=O)Nc1c(C)cccc1C)n1cc[n+](C)c1. The number of carbonyl (C=O) groups is 1. The number of nitrogens with zero attached hydrogens (tertiary/aromatic N) is 2. The summed E-state index contributed by atoms with van der Waals surface area (Å²) in [5, 5.41) is 3.07. The van der Waals surface area contributed by atoms with Crippen LogP contribution in [0, 0.1) is 13.8 Å². The Balaban J connectivity index is 2.22. The highest BCUT2D eigenvalue weighted by Gasteiger charge is 2.23. The number of hydrogen-bond donors (Lipinski definition) is 1. The second-order valence-corrected chi connectivity index (χ2v) is 5.21. The van der Waals surface area contributed by atoms with Crippen molar-refractivity contribution in [3.8, 4) is 0 Å². The smallest absolute Gasteiger partial charge is 0.269 e. The van der Waals surface area contributed by atoms with Gasteiger partial charge in [-0.15, -0.1) is 0 Å². The standard InChI is InChI=1S/C16H21N3O/c1-5-14(19-10-9-18(4)11-19)16(20)17-15-12(2)7-6-8-13(15)3/h6-11,14H,5H2,1-4H3/p+1. The van der Waals surface area contributed by atoms with Crippen molar-refractivity contribution in [1.29, 1.82) is 0 Å². The van der Waals surface area contributed by atoms with Crippen LogP contribution in [0.4, 0.5) is 5.69 Å². The first-order valence-corrected chi connectivity index (χ1v) is 6.92. The summed E-state index contributed by atoms with van der Waals surface area (Å²) in [6.07, 6.45) is 6.55. The van der Waals surface area contributed by atoms with Crippen molar-refractivity contribution in [1.82, 2.24) is 4.57 Å². The summed E-state index contributed by atoms with van der Waals surface area (Å²) in [5.74, 6) is 0.0288. The number of benzene rings is 1. The molecule has 4 nitrogen and oxygen atoms in total. The van der Waals surface area contributed by atoms with Crippen LogP contribution in [0.5, 0.6) is 0 Å². The summed E-state index contributed by atoms with van der Waals surface area (Å²) < 4.78 is 3.89. The van der Waals surface area contributed by atoms with E-state index in [-0.39, 0.29) is 11.9 Å². The molecule has 0 aliphatic heterocycles. The number of nitrogens with one attached hydrogen (secondary N) is 1. The fourth-order valence-electron chi connectivity index (χ4n) is 2.40. The Hall–Kier alpha value is -2.10. The van der Waals surface area contributed by atoms with E-state index in [0.717, 1.165) is 23.2 Å². The third-order valence-electron chi connectivity index (χ3n) is 3.57. The van der Waals surface area contributed by atoms with E-state index in [2.05, 4.69) is 5.32 Å². The second kappa shape index (κ2) is 5.90. The molecule has 1 amide bonds. The van der Waals surface area contributed by atoms with Gasteiger partial charge in [-0.05, 0) is 31.4 Å². The van der Waals surface area contributed by atoms with Gasteiger partial charge in [0.1, 0.15) is 12.4 Å². The van der Waals surface area contributed by atoms with E-state index in [1.807, 2.05) is 73.9 Å². The van der Waals surface area contributed by atoms with Gasteiger partial charge < -0.3 is 5.32 Å². The molecule has 2 aromatic rings. The Morgan fingerprint density at radius 2 is 2.00 bits per heavy atom. The number of imidazole rings is 1. The minimum atomic E-state index is -0.185. The Bertz CT molecular complexity index is 596. The maximum absolute atomic E-state index is 12.5. The number of amides is 1. The van der Waals surface area contributed by atoms with Crippen molar-refractivity contribution in [2.75, 3.05) is 5.32 Å². The summed E-state index contributed by atoms with van der Waals surface area (Å²) in [5.41, 5.74) is 3.10. The molecule has 1 aromatic carbocycles. The summed E-state index contributed by atoms with van der Waals surface area (Å²) in [6, 6.07) is 5.84. The van der Waals surface area contributed by atoms with Gasteiger partial charge in [0.05, 0.1) is 7.05 Å². The van der Waals surface area contributed by atoms with Gasteiger partial charge in [-0.2, -0.15) is 0 Å². The van der Waals surface area contributed by atoms with Crippen molar-refractivity contribution in [2.45, 2.75) is 33.2 Å². The Kier molecular flexibility index (Phi) is 4.23. The number of carbonyl (C=O) groups excluding carboxylic acids is 1. The molecule has 1 N–H and O–H groups in total. The molecule has 0 aliphatic carbocycles. The molecule has 0 bridgehead atoms. The molecule has 1 atom stereocenters. The van der Waals surface area contributed by atoms with Crippen LogP contribution >= 0.6 is 0 Å². The molecule has 106 valence electrons. The maximum Gasteiger partial charge on any atom is 0.269 e. The van der Waals surface area contributed by atoms with Crippen molar-refractivity contribution >= 4 is 11.6 Å². The van der Waals surface area contributed by atoms with Gasteiger partial charge in [-0.3, -0.25) is 4.79 Å². The van der Waals surface area contributed by atoms with E-state index in [1.165, 1.54) is 0 Å². The highest BCUT2D eigenvalue weighted by atomic mass is 16.2. The fourth-order valence-corrected chi connectivity index (χ4v) is 2.40. The number of hydrogen-bond acceptors (Lipinski definition) is 1. The van der Waals surface area contributed by atoms with Gasteiger partial charge >= 0.3 is 0 Å². The lowest BCUT2D eigenvalue weighted by Crippen LogP contribution is -2.28. The molecule has 2 rings (SSSR count). The topological polar surface area (TPSA) is 37.9 Å². The normalized spacial score (nSPS) is 12.2. The lowest BCUT2D eigenvalue weighted by atomic mass is 10.1. The summed E-state index contributed by atoms with van der Waals surface area (Å²) >= 11 is 0. The van der Waals surface area contributed by atoms with Gasteiger partial charge in [0.2, 0.25) is 6.33 Å². The molecule has 0 saturated carbocycles. The van der Waals surface area contributed by atoms with E-state index < -0.39 is 0 Å². The van der Waals surface area contributed by atoms with Crippen LogP contribution in [0.2, 0.25) is 0 Å². The maximum atomic E-state index is 12.5. The molecule has 0 radical (unpaired) electrons. The minimum absolute atomic E-state index is 0.0288.